The van der Waals surface area contributed by atoms with Crippen molar-refractivity contribution >= 4 is 65.6 Å². The topological polar surface area (TPSA) is 221 Å². The number of rotatable bonds is 2. The smallest absolute Gasteiger partial charge is 0.386 e. The first-order valence-corrected chi connectivity index (χ1v) is 18.1. The van der Waals surface area contributed by atoms with Crippen LogP contribution in [0.25, 0.3) is 22.2 Å². The van der Waals surface area contributed by atoms with Gasteiger partial charge in [-0.15, -0.1) is 0 Å². The molecule has 6 heterocycles. The van der Waals surface area contributed by atoms with Crippen LogP contribution in [-0.2, 0) is 43.9 Å². The van der Waals surface area contributed by atoms with E-state index < -0.39 is 75.8 Å². The van der Waals surface area contributed by atoms with Crippen LogP contribution in [0.1, 0.15) is 12.5 Å². The number of hydrogen-bond acceptors (Lipinski definition) is 15. The number of fused-ring (bicyclic) bond motifs is 5. The van der Waals surface area contributed by atoms with E-state index >= 15 is 0 Å². The van der Waals surface area contributed by atoms with Gasteiger partial charge in [-0.05, 0) is 23.9 Å². The third kappa shape index (κ3) is 5.42. The van der Waals surface area contributed by atoms with E-state index in [9.17, 15) is 19.7 Å². The molecule has 3 aliphatic rings. The average Bonchev–Trinajstić information content (AvgIpc) is 3.72. The van der Waals surface area contributed by atoms with Gasteiger partial charge < -0.3 is 39.4 Å². The summed E-state index contributed by atoms with van der Waals surface area (Å²) in [7, 11) is 0. The highest BCUT2D eigenvalue weighted by atomic mass is 32.7. The maximum absolute atomic E-state index is 13.4. The number of imidazole rings is 2. The lowest BCUT2D eigenvalue weighted by Crippen LogP contribution is -2.36. The van der Waals surface area contributed by atoms with Crippen LogP contribution < -0.4 is 5.73 Å². The molecule has 2 bridgehead atoms. The summed E-state index contributed by atoms with van der Waals surface area (Å²) >= 11 is 9.39. The Balaban J connectivity index is 1.20. The number of nitrogen functional groups attached to an aromatic ring is 1. The van der Waals surface area contributed by atoms with Crippen LogP contribution >= 0.6 is 25.8 Å². The Kier molecular flexibility index (Phi) is 7.62. The summed E-state index contributed by atoms with van der Waals surface area (Å²) in [5.41, 5.74) is 7.73. The van der Waals surface area contributed by atoms with Crippen molar-refractivity contribution in [3.05, 3.63) is 43.2 Å². The van der Waals surface area contributed by atoms with Crippen molar-refractivity contribution in [3.63, 3.8) is 0 Å². The fourth-order valence-corrected chi connectivity index (χ4v) is 8.25. The quantitative estimate of drug-likeness (QED) is 0.148. The number of para-hydroxylation sites is 2. The molecule has 3 aliphatic heterocycles. The number of nitrogens with zero attached hydrogens (tertiary/aromatic N) is 6. The first-order valence-electron chi connectivity index (χ1n) is 12.8. The Morgan fingerprint density at radius 2 is 1.67 bits per heavy atom. The van der Waals surface area contributed by atoms with E-state index in [1.54, 1.807) is 22.8 Å². The lowest BCUT2D eigenvalue weighted by atomic mass is 10.1. The van der Waals surface area contributed by atoms with Crippen molar-refractivity contribution < 1.29 is 47.2 Å². The molecule has 0 radical (unpaired) electrons. The molecule has 4 aromatic rings. The normalized spacial score (nSPS) is 38.9. The number of thiol groups is 1. The van der Waals surface area contributed by atoms with Gasteiger partial charge in [0.05, 0.1) is 36.9 Å². The van der Waals surface area contributed by atoms with Gasteiger partial charge in [-0.2, -0.15) is 0 Å². The number of hydrogen-bond donors (Lipinski definition) is 5. The van der Waals surface area contributed by atoms with Crippen molar-refractivity contribution in [2.24, 2.45) is 0 Å². The average molecular weight is 674 g/mol. The number of aliphatic hydroxyl groups is 2. The maximum atomic E-state index is 13.4. The lowest BCUT2D eigenvalue weighted by Gasteiger charge is -2.27. The van der Waals surface area contributed by atoms with E-state index in [4.69, 9.17) is 45.1 Å². The second-order valence-corrected chi connectivity index (χ2v) is 15.7. The fraction of sp³-hybridized carbons (Fsp3) is 0.455. The number of aromatic nitrogens is 6. The standard InChI is InChI=1S/C22H25N7O10P2S2/c23-19-14-20(25-7-24-19)29(9-27-14)21-16(31)17-13(37-21)6-35-41(33,43)39-18-15(30)12(5-34-40(32,42)38-17)36-22(18)28-8-26-10-3-1-2-4-11(10)28/h1-4,7-9,12-13,15-18,21-22,30-31H,5-6H2,(H,32,42)(H,33,43)(H2,23,24,25). The number of ether oxygens (including phenoxy) is 2. The summed E-state index contributed by atoms with van der Waals surface area (Å²) in [5.74, 6) is 0.116. The van der Waals surface area contributed by atoms with Gasteiger partial charge >= 0.3 is 13.5 Å². The van der Waals surface area contributed by atoms with Crippen LogP contribution in [0.3, 0.4) is 0 Å². The van der Waals surface area contributed by atoms with Crippen molar-refractivity contribution in [2.45, 2.75) is 49.1 Å². The van der Waals surface area contributed by atoms with Gasteiger partial charge in [0.2, 0.25) is 0 Å². The SMILES string of the molecule is Nc1ncnc2c1ncn2C1OC2COP(O)(=S)OC3C(O)C(COP(=O)(S)OC2C1O)OC3n1cnc2ccccc21. The molecule has 17 nitrogen and oxygen atoms in total. The predicted octanol–water partition coefficient (Wildman–Crippen LogP) is 1.05. The van der Waals surface area contributed by atoms with Crippen LogP contribution in [0, 0.1) is 0 Å². The van der Waals surface area contributed by atoms with Crippen LogP contribution in [0.15, 0.2) is 43.2 Å². The Bertz CT molecular complexity index is 1780. The van der Waals surface area contributed by atoms with E-state index in [2.05, 4.69) is 32.2 Å². The highest BCUT2D eigenvalue weighted by Crippen LogP contribution is 2.58. The van der Waals surface area contributed by atoms with Crippen molar-refractivity contribution in [1.82, 2.24) is 29.1 Å². The molecule has 0 amide bonds. The van der Waals surface area contributed by atoms with Crippen LogP contribution in [0.5, 0.6) is 0 Å². The molecule has 3 saturated heterocycles. The first kappa shape index (κ1) is 29.6. The van der Waals surface area contributed by atoms with E-state index in [0.717, 1.165) is 0 Å². The predicted molar refractivity (Wildman–Crippen MR) is 154 cm³/mol. The molecule has 10 atom stereocenters. The monoisotopic (exact) mass is 673 g/mol. The minimum Gasteiger partial charge on any atom is -0.387 e. The molecule has 7 rings (SSSR count). The second-order valence-electron chi connectivity index (χ2n) is 10.0. The molecule has 0 spiro atoms. The summed E-state index contributed by atoms with van der Waals surface area (Å²) in [6.45, 7) is -9.27. The van der Waals surface area contributed by atoms with E-state index in [1.165, 1.54) is 23.5 Å². The zero-order valence-electron chi connectivity index (χ0n) is 21.8. The zero-order valence-corrected chi connectivity index (χ0v) is 25.3. The summed E-state index contributed by atoms with van der Waals surface area (Å²) in [6.07, 6.45) is -5.90. The van der Waals surface area contributed by atoms with Gasteiger partial charge in [-0.3, -0.25) is 18.1 Å². The summed E-state index contributed by atoms with van der Waals surface area (Å²) in [4.78, 5) is 27.7. The molecular weight excluding hydrogens is 648 g/mol. The molecule has 3 fully saturated rings. The molecule has 43 heavy (non-hydrogen) atoms. The van der Waals surface area contributed by atoms with Crippen molar-refractivity contribution in [3.8, 4) is 0 Å². The van der Waals surface area contributed by atoms with Gasteiger partial charge in [0, 0.05) is 0 Å². The third-order valence-corrected chi connectivity index (χ3v) is 10.5. The van der Waals surface area contributed by atoms with Gasteiger partial charge in [0.25, 0.3) is 0 Å². The number of aliphatic hydroxyl groups excluding tert-OH is 2. The number of anilines is 1. The number of nitrogens with two attached hydrogens (primary N) is 1. The Labute approximate surface area is 252 Å². The fourth-order valence-electron chi connectivity index (χ4n) is 5.35. The molecule has 0 saturated carbocycles. The third-order valence-electron chi connectivity index (χ3n) is 7.35. The van der Waals surface area contributed by atoms with E-state index in [-0.39, 0.29) is 17.0 Å². The summed E-state index contributed by atoms with van der Waals surface area (Å²) < 4.78 is 51.1. The highest BCUT2D eigenvalue weighted by Gasteiger charge is 2.52. The Morgan fingerprint density at radius 1 is 0.930 bits per heavy atom. The van der Waals surface area contributed by atoms with Crippen molar-refractivity contribution in [1.29, 1.82) is 0 Å². The summed E-state index contributed by atoms with van der Waals surface area (Å²) in [6, 6.07) is 7.21. The highest BCUT2D eigenvalue weighted by molar-refractivity contribution is 8.44. The van der Waals surface area contributed by atoms with Crippen LogP contribution in [0.2, 0.25) is 0 Å². The van der Waals surface area contributed by atoms with E-state index in [0.29, 0.717) is 11.0 Å². The number of benzene rings is 1. The first-order chi connectivity index (χ1) is 20.5. The van der Waals surface area contributed by atoms with Gasteiger partial charge in [-0.25, -0.2) is 24.5 Å². The van der Waals surface area contributed by atoms with Gasteiger partial charge in [0.15, 0.2) is 23.9 Å². The lowest BCUT2D eigenvalue weighted by molar-refractivity contribution is -0.0593. The largest absolute Gasteiger partial charge is 0.387 e. The maximum Gasteiger partial charge on any atom is 0.386 e. The summed E-state index contributed by atoms with van der Waals surface area (Å²) in [5, 5.41) is 22.4. The van der Waals surface area contributed by atoms with Gasteiger partial charge in [-0.1, -0.05) is 24.4 Å². The van der Waals surface area contributed by atoms with Crippen LogP contribution in [-0.4, -0.2) is 94.0 Å². The second kappa shape index (κ2) is 11.1. The van der Waals surface area contributed by atoms with Crippen LogP contribution in [0.4, 0.5) is 5.82 Å². The molecule has 230 valence electrons. The molecule has 21 heteroatoms. The van der Waals surface area contributed by atoms with E-state index in [1.807, 2.05) is 6.07 Å². The molecule has 1 aromatic carbocycles. The molecule has 3 aromatic heterocycles. The Hall–Kier alpha value is -2.09. The van der Waals surface area contributed by atoms with Gasteiger partial charge in [0.1, 0.15) is 48.5 Å². The zero-order chi connectivity index (χ0) is 30.1. The molecular formula is C22H25N7O10P2S2. The Morgan fingerprint density at radius 3 is 2.51 bits per heavy atom. The minimum atomic E-state index is -4.23. The molecule has 10 unspecified atom stereocenters. The molecule has 0 aliphatic carbocycles. The molecule has 5 N–H and O–H groups in total. The minimum absolute atomic E-state index is 0.116. The van der Waals surface area contributed by atoms with Crippen molar-refractivity contribution in [2.75, 3.05) is 18.9 Å².